The van der Waals surface area contributed by atoms with Crippen LogP contribution in [0.4, 0.5) is 0 Å². The van der Waals surface area contributed by atoms with Crippen LogP contribution in [0.15, 0.2) is 12.2 Å². The van der Waals surface area contributed by atoms with Crippen LogP contribution in [0.3, 0.4) is 0 Å². The first-order chi connectivity index (χ1) is 9.50. The fourth-order valence-corrected chi connectivity index (χ4v) is 3.86. The summed E-state index contributed by atoms with van der Waals surface area (Å²) in [6.07, 6.45) is 9.74. The maximum atomic E-state index is 11.5. The molecule has 0 aliphatic heterocycles. The Morgan fingerprint density at radius 2 is 2.15 bits per heavy atom. The average molecular weight is 280 g/mol. The van der Waals surface area contributed by atoms with Gasteiger partial charge in [0.1, 0.15) is 5.78 Å². The van der Waals surface area contributed by atoms with Crippen molar-refractivity contribution in [3.63, 3.8) is 0 Å². The molecule has 2 N–H and O–H groups in total. The third-order valence-corrected chi connectivity index (χ3v) is 5.46. The van der Waals surface area contributed by atoms with Crippen LogP contribution in [-0.4, -0.2) is 28.2 Å². The van der Waals surface area contributed by atoms with Gasteiger partial charge in [-0.25, -0.2) is 0 Å². The van der Waals surface area contributed by atoms with E-state index in [0.29, 0.717) is 6.42 Å². The SMILES string of the molecule is CCCC1([C@H](O)C/C=C/[C@H]2C(O)CC(=O)C2C)CCC1. The van der Waals surface area contributed by atoms with E-state index in [4.69, 9.17) is 0 Å². The second kappa shape index (κ2) is 6.40. The molecule has 0 saturated heterocycles. The number of aliphatic hydroxyl groups excluding tert-OH is 2. The Labute approximate surface area is 122 Å². The van der Waals surface area contributed by atoms with Crippen LogP contribution in [0, 0.1) is 17.3 Å². The highest BCUT2D eigenvalue weighted by molar-refractivity contribution is 5.84. The van der Waals surface area contributed by atoms with E-state index < -0.39 is 6.10 Å². The second-order valence-electron chi connectivity index (χ2n) is 6.75. The molecule has 0 aromatic heterocycles. The number of Topliss-reactive ketones (excluding diaryl/α,β-unsaturated/α-hetero) is 1. The molecule has 2 saturated carbocycles. The molecule has 20 heavy (non-hydrogen) atoms. The smallest absolute Gasteiger partial charge is 0.138 e. The van der Waals surface area contributed by atoms with E-state index in [9.17, 15) is 15.0 Å². The Hall–Kier alpha value is -0.670. The van der Waals surface area contributed by atoms with Crippen molar-refractivity contribution in [2.75, 3.05) is 0 Å². The minimum Gasteiger partial charge on any atom is -0.392 e. The lowest BCUT2D eigenvalue weighted by atomic mass is 9.62. The number of ketones is 1. The maximum Gasteiger partial charge on any atom is 0.138 e. The number of carbonyl (C=O) groups is 1. The van der Waals surface area contributed by atoms with E-state index in [1.54, 1.807) is 0 Å². The van der Waals surface area contributed by atoms with E-state index in [1.807, 2.05) is 19.1 Å². The lowest BCUT2D eigenvalue weighted by molar-refractivity contribution is -0.120. The summed E-state index contributed by atoms with van der Waals surface area (Å²) in [6, 6.07) is 0. The monoisotopic (exact) mass is 280 g/mol. The molecular formula is C17H28O3. The van der Waals surface area contributed by atoms with Gasteiger partial charge in [0.05, 0.1) is 12.2 Å². The highest BCUT2D eigenvalue weighted by Gasteiger charge is 2.42. The third-order valence-electron chi connectivity index (χ3n) is 5.46. The van der Waals surface area contributed by atoms with Crippen molar-refractivity contribution in [2.45, 2.75) is 71.0 Å². The van der Waals surface area contributed by atoms with Crippen molar-refractivity contribution in [1.82, 2.24) is 0 Å². The van der Waals surface area contributed by atoms with Gasteiger partial charge in [-0.15, -0.1) is 0 Å². The molecule has 0 bridgehead atoms. The zero-order chi connectivity index (χ0) is 14.8. The predicted octanol–water partition coefficient (Wildman–Crippen LogP) is 2.85. The summed E-state index contributed by atoms with van der Waals surface area (Å²) in [6.45, 7) is 4.05. The summed E-state index contributed by atoms with van der Waals surface area (Å²) in [7, 11) is 0. The van der Waals surface area contributed by atoms with Gasteiger partial charge in [0.2, 0.25) is 0 Å². The van der Waals surface area contributed by atoms with Crippen molar-refractivity contribution >= 4 is 5.78 Å². The molecule has 0 amide bonds. The summed E-state index contributed by atoms with van der Waals surface area (Å²) in [5.74, 6) is -0.0148. The molecule has 114 valence electrons. The molecule has 2 fully saturated rings. The molecule has 0 radical (unpaired) electrons. The van der Waals surface area contributed by atoms with Gasteiger partial charge in [-0.05, 0) is 31.1 Å². The second-order valence-corrected chi connectivity index (χ2v) is 6.75. The topological polar surface area (TPSA) is 57.5 Å². The zero-order valence-corrected chi connectivity index (χ0v) is 12.7. The molecule has 2 aliphatic carbocycles. The van der Waals surface area contributed by atoms with E-state index in [-0.39, 0.29) is 35.6 Å². The molecule has 3 heteroatoms. The summed E-state index contributed by atoms with van der Waals surface area (Å²) in [4.78, 5) is 11.5. The van der Waals surface area contributed by atoms with Crippen LogP contribution in [0.25, 0.3) is 0 Å². The minimum atomic E-state index is -0.542. The highest BCUT2D eigenvalue weighted by Crippen LogP contribution is 2.48. The lowest BCUT2D eigenvalue weighted by Gasteiger charge is -2.45. The van der Waals surface area contributed by atoms with E-state index in [0.717, 1.165) is 25.7 Å². The van der Waals surface area contributed by atoms with Gasteiger partial charge in [0, 0.05) is 18.3 Å². The fourth-order valence-electron chi connectivity index (χ4n) is 3.86. The molecule has 2 aliphatic rings. The van der Waals surface area contributed by atoms with Crippen LogP contribution in [0.5, 0.6) is 0 Å². The van der Waals surface area contributed by atoms with Gasteiger partial charge in [-0.1, -0.05) is 38.8 Å². The summed E-state index contributed by atoms with van der Waals surface area (Å²) in [5.41, 5.74) is 0.134. The van der Waals surface area contributed by atoms with Crippen molar-refractivity contribution in [3.05, 3.63) is 12.2 Å². The zero-order valence-electron chi connectivity index (χ0n) is 12.7. The average Bonchev–Trinajstić information content (AvgIpc) is 2.60. The quantitative estimate of drug-likeness (QED) is 0.736. The molecule has 2 rings (SSSR count). The highest BCUT2D eigenvalue weighted by atomic mass is 16.3. The van der Waals surface area contributed by atoms with Crippen molar-refractivity contribution in [2.24, 2.45) is 17.3 Å². The number of aliphatic hydroxyl groups is 2. The van der Waals surface area contributed by atoms with Crippen LogP contribution >= 0.6 is 0 Å². The molecular weight excluding hydrogens is 252 g/mol. The first-order valence-corrected chi connectivity index (χ1v) is 8.05. The number of carbonyl (C=O) groups excluding carboxylic acids is 1. The van der Waals surface area contributed by atoms with Crippen LogP contribution < -0.4 is 0 Å². The molecule has 4 atom stereocenters. The Kier molecular flexibility index (Phi) is 5.03. The van der Waals surface area contributed by atoms with Crippen LogP contribution in [0.1, 0.15) is 58.8 Å². The maximum absolute atomic E-state index is 11.5. The minimum absolute atomic E-state index is 0.0711. The first-order valence-electron chi connectivity index (χ1n) is 8.05. The van der Waals surface area contributed by atoms with Crippen LogP contribution in [-0.2, 0) is 4.79 Å². The Morgan fingerprint density at radius 3 is 2.60 bits per heavy atom. The summed E-state index contributed by atoms with van der Waals surface area (Å²) in [5, 5.41) is 20.3. The van der Waals surface area contributed by atoms with Gasteiger partial charge in [0.25, 0.3) is 0 Å². The van der Waals surface area contributed by atoms with Crippen LogP contribution in [0.2, 0.25) is 0 Å². The third kappa shape index (κ3) is 2.99. The number of hydrogen-bond donors (Lipinski definition) is 2. The Bertz CT molecular complexity index is 370. The fraction of sp³-hybridized carbons (Fsp3) is 0.824. The van der Waals surface area contributed by atoms with Gasteiger partial charge in [-0.3, -0.25) is 4.79 Å². The number of rotatable bonds is 6. The van der Waals surface area contributed by atoms with Gasteiger partial charge >= 0.3 is 0 Å². The molecule has 0 heterocycles. The predicted molar refractivity (Wildman–Crippen MR) is 79.2 cm³/mol. The molecule has 0 aromatic carbocycles. The largest absolute Gasteiger partial charge is 0.392 e. The summed E-state index contributed by atoms with van der Waals surface area (Å²) < 4.78 is 0. The Balaban J connectivity index is 1.88. The normalized spacial score (nSPS) is 34.4. The first kappa shape index (κ1) is 15.7. The molecule has 0 aromatic rings. The molecule has 2 unspecified atom stereocenters. The molecule has 3 nitrogen and oxygen atoms in total. The number of hydrogen-bond acceptors (Lipinski definition) is 3. The van der Waals surface area contributed by atoms with Crippen molar-refractivity contribution < 1.29 is 15.0 Å². The standard InChI is InChI=1S/C17H28O3/c1-3-8-17(9-5-10-17)16(20)7-4-6-13-12(2)14(18)11-15(13)19/h4,6,12-13,15-16,19-20H,3,5,7-11H2,1-2H3/b6-4+/t12?,13-,15?,16-/m1/s1. The van der Waals surface area contributed by atoms with Gasteiger partial charge < -0.3 is 10.2 Å². The lowest BCUT2D eigenvalue weighted by Crippen LogP contribution is -2.41. The van der Waals surface area contributed by atoms with E-state index in [2.05, 4.69) is 6.92 Å². The summed E-state index contributed by atoms with van der Waals surface area (Å²) >= 11 is 0. The van der Waals surface area contributed by atoms with Crippen molar-refractivity contribution in [3.8, 4) is 0 Å². The van der Waals surface area contributed by atoms with E-state index in [1.165, 1.54) is 6.42 Å². The Morgan fingerprint density at radius 1 is 1.45 bits per heavy atom. The van der Waals surface area contributed by atoms with E-state index >= 15 is 0 Å². The molecule has 0 spiro atoms. The van der Waals surface area contributed by atoms with Gasteiger partial charge in [0.15, 0.2) is 0 Å². The van der Waals surface area contributed by atoms with Crippen molar-refractivity contribution in [1.29, 1.82) is 0 Å². The van der Waals surface area contributed by atoms with Gasteiger partial charge in [-0.2, -0.15) is 0 Å².